The van der Waals surface area contributed by atoms with Crippen molar-refractivity contribution in [2.75, 3.05) is 5.32 Å². The molecule has 1 atom stereocenters. The zero-order valence-corrected chi connectivity index (χ0v) is 14.6. The Morgan fingerprint density at radius 3 is 2.63 bits per heavy atom. The average Bonchev–Trinajstić information content (AvgIpc) is 3.31. The molecule has 3 N–H and O–H groups in total. The highest BCUT2D eigenvalue weighted by Crippen LogP contribution is 2.34. The van der Waals surface area contributed by atoms with Gasteiger partial charge in [0.1, 0.15) is 11.9 Å². The summed E-state index contributed by atoms with van der Waals surface area (Å²) >= 11 is 1.26. The van der Waals surface area contributed by atoms with Crippen molar-refractivity contribution in [2.24, 2.45) is 0 Å². The van der Waals surface area contributed by atoms with Crippen LogP contribution in [-0.2, 0) is 12.7 Å². The first-order chi connectivity index (χ1) is 12.8. The van der Waals surface area contributed by atoms with Gasteiger partial charge in [0.2, 0.25) is 0 Å². The van der Waals surface area contributed by atoms with E-state index in [1.807, 2.05) is 0 Å². The van der Waals surface area contributed by atoms with Crippen LogP contribution in [0.15, 0.2) is 59.2 Å². The van der Waals surface area contributed by atoms with Crippen LogP contribution in [0.5, 0.6) is 0 Å². The second-order valence-corrected chi connectivity index (χ2v) is 6.77. The topological polar surface area (TPSA) is 74.5 Å². The largest absolute Gasteiger partial charge is 0.466 e. The number of furan rings is 1. The van der Waals surface area contributed by atoms with Crippen molar-refractivity contribution in [3.8, 4) is 0 Å². The number of alkyl halides is 3. The average molecular weight is 396 g/mol. The molecule has 2 heterocycles. The van der Waals surface area contributed by atoms with E-state index in [1.165, 1.54) is 35.8 Å². The summed E-state index contributed by atoms with van der Waals surface area (Å²) in [4.78, 5) is 13.3. The van der Waals surface area contributed by atoms with E-state index in [1.54, 1.807) is 24.3 Å². The molecule has 0 spiro atoms. The zero-order chi connectivity index (χ0) is 19.4. The monoisotopic (exact) mass is 396 g/mol. The van der Waals surface area contributed by atoms with Gasteiger partial charge in [0, 0.05) is 9.75 Å². The minimum atomic E-state index is -4.56. The molecule has 0 aliphatic carbocycles. The van der Waals surface area contributed by atoms with E-state index < -0.39 is 23.9 Å². The van der Waals surface area contributed by atoms with Gasteiger partial charge in [-0.25, -0.2) is 4.79 Å². The molecule has 3 aromatic rings. The second kappa shape index (κ2) is 7.85. The SMILES string of the molecule is O=C(NCc1ccc(C(O)c2ccco2)s1)Nc1ccccc1C(F)(F)F. The van der Waals surface area contributed by atoms with Crippen LogP contribution in [0.1, 0.15) is 27.2 Å². The number of carbonyl (C=O) groups is 1. The number of rotatable bonds is 5. The number of nitrogens with one attached hydrogen (secondary N) is 2. The van der Waals surface area contributed by atoms with Crippen molar-refractivity contribution in [1.82, 2.24) is 5.32 Å². The van der Waals surface area contributed by atoms with Crippen LogP contribution in [0.4, 0.5) is 23.7 Å². The first-order valence-electron chi connectivity index (χ1n) is 7.86. The molecular weight excluding hydrogens is 381 g/mol. The molecule has 5 nitrogen and oxygen atoms in total. The molecule has 1 unspecified atom stereocenters. The Morgan fingerprint density at radius 1 is 1.15 bits per heavy atom. The predicted molar refractivity (Wildman–Crippen MR) is 94.4 cm³/mol. The summed E-state index contributed by atoms with van der Waals surface area (Å²) in [6.45, 7) is 0.107. The molecule has 0 fully saturated rings. The first kappa shape index (κ1) is 19.0. The highest BCUT2D eigenvalue weighted by molar-refractivity contribution is 7.12. The minimum Gasteiger partial charge on any atom is -0.466 e. The zero-order valence-electron chi connectivity index (χ0n) is 13.8. The van der Waals surface area contributed by atoms with Gasteiger partial charge in [0.05, 0.1) is 24.1 Å². The van der Waals surface area contributed by atoms with Gasteiger partial charge in [0.15, 0.2) is 0 Å². The number of aliphatic hydroxyl groups excluding tert-OH is 1. The van der Waals surface area contributed by atoms with E-state index in [2.05, 4.69) is 10.6 Å². The van der Waals surface area contributed by atoms with Crippen LogP contribution >= 0.6 is 11.3 Å². The van der Waals surface area contributed by atoms with Crippen LogP contribution in [0.2, 0.25) is 0 Å². The summed E-state index contributed by atoms with van der Waals surface area (Å²) < 4.78 is 44.0. The lowest BCUT2D eigenvalue weighted by molar-refractivity contribution is -0.136. The number of aliphatic hydroxyl groups is 1. The number of amides is 2. The molecule has 1 aromatic carbocycles. The van der Waals surface area contributed by atoms with E-state index in [0.29, 0.717) is 10.6 Å². The van der Waals surface area contributed by atoms with Crippen molar-refractivity contribution in [3.63, 3.8) is 0 Å². The minimum absolute atomic E-state index is 0.107. The summed E-state index contributed by atoms with van der Waals surface area (Å²) in [5.74, 6) is 0.401. The van der Waals surface area contributed by atoms with Crippen molar-refractivity contribution in [2.45, 2.75) is 18.8 Å². The highest BCUT2D eigenvalue weighted by atomic mass is 32.1. The van der Waals surface area contributed by atoms with E-state index in [-0.39, 0.29) is 12.2 Å². The number of carbonyl (C=O) groups excluding carboxylic acids is 1. The normalized spacial score (nSPS) is 12.6. The summed E-state index contributed by atoms with van der Waals surface area (Å²) in [6, 6.07) is 10.7. The number of benzene rings is 1. The van der Waals surface area contributed by atoms with Crippen LogP contribution in [0.3, 0.4) is 0 Å². The second-order valence-electron chi connectivity index (χ2n) is 5.57. The number of hydrogen-bond acceptors (Lipinski definition) is 4. The number of anilines is 1. The third-order valence-corrected chi connectivity index (χ3v) is 4.81. The number of urea groups is 1. The maximum Gasteiger partial charge on any atom is 0.418 e. The standard InChI is InChI=1S/C18H15F3N2O3S/c19-18(20,21)12-4-1-2-5-13(12)23-17(25)22-10-11-7-8-15(27-11)16(24)14-6-3-9-26-14/h1-9,16,24H,10H2,(H2,22,23,25). The Bertz CT molecular complexity index is 907. The fourth-order valence-electron chi connectivity index (χ4n) is 2.40. The van der Waals surface area contributed by atoms with Crippen LogP contribution < -0.4 is 10.6 Å². The van der Waals surface area contributed by atoms with Crippen molar-refractivity contribution >= 4 is 23.1 Å². The van der Waals surface area contributed by atoms with Gasteiger partial charge in [-0.2, -0.15) is 13.2 Å². The van der Waals surface area contributed by atoms with E-state index >= 15 is 0 Å². The van der Waals surface area contributed by atoms with Crippen LogP contribution in [0, 0.1) is 0 Å². The van der Waals surface area contributed by atoms with Gasteiger partial charge < -0.3 is 20.2 Å². The summed E-state index contributed by atoms with van der Waals surface area (Å²) in [7, 11) is 0. The van der Waals surface area contributed by atoms with Gasteiger partial charge in [-0.3, -0.25) is 0 Å². The van der Waals surface area contributed by atoms with Gasteiger partial charge >= 0.3 is 12.2 Å². The first-order valence-corrected chi connectivity index (χ1v) is 8.67. The Morgan fingerprint density at radius 2 is 1.93 bits per heavy atom. The molecule has 0 saturated carbocycles. The Balaban J connectivity index is 1.59. The lowest BCUT2D eigenvalue weighted by Crippen LogP contribution is -2.28. The molecular formula is C18H15F3N2O3S. The van der Waals surface area contributed by atoms with Crippen LogP contribution in [-0.4, -0.2) is 11.1 Å². The number of thiophene rings is 1. The number of hydrogen-bond donors (Lipinski definition) is 3. The molecule has 0 bridgehead atoms. The van der Waals surface area contributed by atoms with E-state index in [0.717, 1.165) is 10.9 Å². The van der Waals surface area contributed by atoms with E-state index in [9.17, 15) is 23.1 Å². The highest BCUT2D eigenvalue weighted by Gasteiger charge is 2.33. The third kappa shape index (κ3) is 4.69. The number of para-hydroxylation sites is 1. The molecule has 2 amide bonds. The molecule has 3 rings (SSSR count). The maximum absolute atomic E-state index is 12.9. The summed E-state index contributed by atoms with van der Waals surface area (Å²) in [5, 5.41) is 14.9. The lowest BCUT2D eigenvalue weighted by atomic mass is 10.1. The fraction of sp³-hybridized carbons (Fsp3) is 0.167. The Labute approximate surface area is 156 Å². The van der Waals surface area contributed by atoms with Gasteiger partial charge in [-0.15, -0.1) is 11.3 Å². The molecule has 0 saturated heterocycles. The molecule has 0 radical (unpaired) electrons. The quantitative estimate of drug-likeness (QED) is 0.582. The molecule has 2 aromatic heterocycles. The summed E-state index contributed by atoms with van der Waals surface area (Å²) in [5.41, 5.74) is -1.23. The van der Waals surface area contributed by atoms with Crippen molar-refractivity contribution in [3.05, 3.63) is 75.9 Å². The summed E-state index contributed by atoms with van der Waals surface area (Å²) in [6.07, 6.45) is -4.02. The van der Waals surface area contributed by atoms with Crippen molar-refractivity contribution in [1.29, 1.82) is 0 Å². The van der Waals surface area contributed by atoms with Gasteiger partial charge in [0.25, 0.3) is 0 Å². The fourth-order valence-corrected chi connectivity index (χ4v) is 3.34. The Hall–Kier alpha value is -2.78. The van der Waals surface area contributed by atoms with E-state index in [4.69, 9.17) is 4.42 Å². The third-order valence-electron chi connectivity index (χ3n) is 3.67. The maximum atomic E-state index is 12.9. The van der Waals surface area contributed by atoms with Crippen LogP contribution in [0.25, 0.3) is 0 Å². The number of halogens is 3. The Kier molecular flexibility index (Phi) is 5.52. The predicted octanol–water partition coefficient (Wildman–Crippen LogP) is 4.76. The lowest BCUT2D eigenvalue weighted by Gasteiger charge is -2.13. The molecule has 27 heavy (non-hydrogen) atoms. The van der Waals surface area contributed by atoms with Gasteiger partial charge in [-0.1, -0.05) is 12.1 Å². The molecule has 142 valence electrons. The van der Waals surface area contributed by atoms with Gasteiger partial charge in [-0.05, 0) is 36.4 Å². The molecule has 0 aliphatic rings. The smallest absolute Gasteiger partial charge is 0.418 e. The molecule has 9 heteroatoms. The molecule has 0 aliphatic heterocycles. The van der Waals surface area contributed by atoms with Crippen molar-refractivity contribution < 1.29 is 27.5 Å².